The number of aromatic nitrogens is 3. The number of ether oxygens (including phenoxy) is 1. The number of carbonyl (C=O) groups excluding carboxylic acids is 1. The van der Waals surface area contributed by atoms with Crippen LogP contribution in [0.25, 0.3) is 5.82 Å². The summed E-state index contributed by atoms with van der Waals surface area (Å²) >= 11 is 0. The van der Waals surface area contributed by atoms with Crippen molar-refractivity contribution in [3.05, 3.63) is 90.8 Å². The molecule has 2 amide bonds. The molecule has 144 valence electrons. The summed E-state index contributed by atoms with van der Waals surface area (Å²) in [7, 11) is 0. The number of nitrogens with one attached hydrogen (secondary N) is 2. The van der Waals surface area contributed by atoms with E-state index in [9.17, 15) is 4.79 Å². The maximum atomic E-state index is 12.1. The third-order valence-corrected chi connectivity index (χ3v) is 4.14. The second-order valence-corrected chi connectivity index (χ2v) is 6.39. The Bertz CT molecular complexity index is 1070. The molecule has 29 heavy (non-hydrogen) atoms. The Hall–Kier alpha value is -4.13. The third-order valence-electron chi connectivity index (χ3n) is 4.14. The topological polar surface area (TPSA) is 81.1 Å². The van der Waals surface area contributed by atoms with E-state index in [2.05, 4.69) is 20.8 Å². The smallest absolute Gasteiger partial charge is 0.323 e. The fraction of sp³-hybridized carbons (Fsp3) is 0.0455. The van der Waals surface area contributed by atoms with Crippen LogP contribution in [0.4, 0.5) is 16.2 Å². The molecule has 2 aromatic heterocycles. The predicted octanol–water partition coefficient (Wildman–Crippen LogP) is 5.01. The number of urea groups is 1. The maximum Gasteiger partial charge on any atom is 0.323 e. The van der Waals surface area contributed by atoms with E-state index in [-0.39, 0.29) is 6.03 Å². The average Bonchev–Trinajstić information content (AvgIpc) is 3.27. The Kier molecular flexibility index (Phi) is 5.20. The summed E-state index contributed by atoms with van der Waals surface area (Å²) in [6.07, 6.45) is 3.79. The van der Waals surface area contributed by atoms with Crippen molar-refractivity contribution < 1.29 is 9.53 Å². The van der Waals surface area contributed by atoms with Crippen molar-refractivity contribution in [3.8, 4) is 17.4 Å². The number of hydrogen-bond donors (Lipinski definition) is 2. The Morgan fingerprint density at radius 2 is 1.45 bits per heavy atom. The van der Waals surface area contributed by atoms with E-state index in [1.54, 1.807) is 30.3 Å². The highest BCUT2D eigenvalue weighted by Crippen LogP contribution is 2.21. The highest BCUT2D eigenvalue weighted by molar-refractivity contribution is 5.99. The molecule has 2 aromatic carbocycles. The van der Waals surface area contributed by atoms with Gasteiger partial charge in [0, 0.05) is 29.8 Å². The number of amides is 2. The first-order valence-corrected chi connectivity index (χ1v) is 9.05. The standard InChI is InChI=1S/C22H19N5O2/c1-16-4-6-17(7-5-16)23-22(28)24-18-8-10-19(11-9-18)29-21-13-12-20(25-26-21)27-14-2-3-15-27/h2-15H,1H3,(H2,23,24,28). The molecule has 0 atom stereocenters. The van der Waals surface area contributed by atoms with Gasteiger partial charge < -0.3 is 19.9 Å². The number of rotatable bonds is 5. The number of carbonyl (C=O) groups is 1. The van der Waals surface area contributed by atoms with Crippen molar-refractivity contribution in [1.29, 1.82) is 0 Å². The third kappa shape index (κ3) is 4.78. The van der Waals surface area contributed by atoms with Crippen LogP contribution in [0.2, 0.25) is 0 Å². The molecule has 4 rings (SSSR count). The molecule has 2 heterocycles. The summed E-state index contributed by atoms with van der Waals surface area (Å²) in [4.78, 5) is 12.1. The van der Waals surface area contributed by atoms with Crippen molar-refractivity contribution in [2.24, 2.45) is 0 Å². The van der Waals surface area contributed by atoms with E-state index in [0.717, 1.165) is 11.3 Å². The molecule has 0 fully saturated rings. The summed E-state index contributed by atoms with van der Waals surface area (Å²) in [6, 6.07) is 21.7. The fourth-order valence-corrected chi connectivity index (χ4v) is 2.65. The summed E-state index contributed by atoms with van der Waals surface area (Å²) in [5, 5.41) is 13.8. The molecule has 0 saturated carbocycles. The van der Waals surface area contributed by atoms with Gasteiger partial charge in [-0.2, -0.15) is 0 Å². The Balaban J connectivity index is 1.34. The zero-order valence-electron chi connectivity index (χ0n) is 15.7. The summed E-state index contributed by atoms with van der Waals surface area (Å²) in [5.41, 5.74) is 2.52. The van der Waals surface area contributed by atoms with Gasteiger partial charge in [-0.05, 0) is 61.5 Å². The molecule has 4 aromatic rings. The number of aryl methyl sites for hydroxylation is 1. The molecule has 7 nitrogen and oxygen atoms in total. The monoisotopic (exact) mass is 385 g/mol. The van der Waals surface area contributed by atoms with Crippen LogP contribution in [0.3, 0.4) is 0 Å². The van der Waals surface area contributed by atoms with E-state index >= 15 is 0 Å². The minimum absolute atomic E-state index is 0.311. The van der Waals surface area contributed by atoms with Crippen LogP contribution in [0.5, 0.6) is 11.6 Å². The average molecular weight is 385 g/mol. The largest absolute Gasteiger partial charge is 0.438 e. The lowest BCUT2D eigenvalue weighted by Crippen LogP contribution is -2.19. The highest BCUT2D eigenvalue weighted by Gasteiger charge is 2.05. The molecule has 0 spiro atoms. The van der Waals surface area contributed by atoms with Gasteiger partial charge in [-0.1, -0.05) is 17.7 Å². The van der Waals surface area contributed by atoms with Crippen molar-refractivity contribution in [3.63, 3.8) is 0 Å². The van der Waals surface area contributed by atoms with Crippen LogP contribution in [-0.4, -0.2) is 20.8 Å². The molecular formula is C22H19N5O2. The molecule has 0 radical (unpaired) electrons. The normalized spacial score (nSPS) is 10.4. The molecule has 2 N–H and O–H groups in total. The van der Waals surface area contributed by atoms with Crippen LogP contribution >= 0.6 is 0 Å². The predicted molar refractivity (Wildman–Crippen MR) is 112 cm³/mol. The second-order valence-electron chi connectivity index (χ2n) is 6.39. The van der Waals surface area contributed by atoms with Crippen LogP contribution in [0.1, 0.15) is 5.56 Å². The number of benzene rings is 2. The van der Waals surface area contributed by atoms with Crippen molar-refractivity contribution in [1.82, 2.24) is 14.8 Å². The van der Waals surface area contributed by atoms with E-state index in [0.29, 0.717) is 23.1 Å². The molecule has 0 saturated heterocycles. The lowest BCUT2D eigenvalue weighted by atomic mass is 10.2. The fourth-order valence-electron chi connectivity index (χ4n) is 2.65. The lowest BCUT2D eigenvalue weighted by molar-refractivity contribution is 0.262. The first-order chi connectivity index (χ1) is 14.2. The first kappa shape index (κ1) is 18.2. The zero-order valence-corrected chi connectivity index (χ0v) is 15.7. The van der Waals surface area contributed by atoms with Crippen molar-refractivity contribution in [2.75, 3.05) is 10.6 Å². The van der Waals surface area contributed by atoms with Crippen LogP contribution in [0.15, 0.2) is 85.2 Å². The molecule has 7 heteroatoms. The Labute approximate surface area is 168 Å². The van der Waals surface area contributed by atoms with Gasteiger partial charge >= 0.3 is 6.03 Å². The van der Waals surface area contributed by atoms with Gasteiger partial charge in [0.15, 0.2) is 5.82 Å². The second kappa shape index (κ2) is 8.26. The maximum absolute atomic E-state index is 12.1. The van der Waals surface area contributed by atoms with E-state index in [1.807, 2.05) is 66.3 Å². The van der Waals surface area contributed by atoms with Gasteiger partial charge in [-0.25, -0.2) is 4.79 Å². The Morgan fingerprint density at radius 1 is 0.828 bits per heavy atom. The lowest BCUT2D eigenvalue weighted by Gasteiger charge is -2.09. The van der Waals surface area contributed by atoms with Gasteiger partial charge in [0.2, 0.25) is 5.88 Å². The van der Waals surface area contributed by atoms with E-state index in [1.165, 1.54) is 0 Å². The van der Waals surface area contributed by atoms with Gasteiger partial charge in [0.25, 0.3) is 0 Å². The van der Waals surface area contributed by atoms with Gasteiger partial charge in [0.05, 0.1) is 0 Å². The minimum atomic E-state index is -0.311. The molecular weight excluding hydrogens is 366 g/mol. The summed E-state index contributed by atoms with van der Waals surface area (Å²) < 4.78 is 7.57. The first-order valence-electron chi connectivity index (χ1n) is 9.05. The molecule has 0 aliphatic carbocycles. The number of hydrogen-bond acceptors (Lipinski definition) is 4. The van der Waals surface area contributed by atoms with Gasteiger partial charge in [0.1, 0.15) is 5.75 Å². The molecule has 0 aliphatic rings. The van der Waals surface area contributed by atoms with E-state index < -0.39 is 0 Å². The van der Waals surface area contributed by atoms with Crippen LogP contribution in [0, 0.1) is 6.92 Å². The Morgan fingerprint density at radius 3 is 2.03 bits per heavy atom. The van der Waals surface area contributed by atoms with Crippen LogP contribution < -0.4 is 15.4 Å². The number of anilines is 2. The van der Waals surface area contributed by atoms with Crippen LogP contribution in [-0.2, 0) is 0 Å². The minimum Gasteiger partial charge on any atom is -0.438 e. The van der Waals surface area contributed by atoms with Gasteiger partial charge in [-0.15, -0.1) is 10.2 Å². The molecule has 0 bridgehead atoms. The zero-order chi connectivity index (χ0) is 20.1. The summed E-state index contributed by atoms with van der Waals surface area (Å²) in [6.45, 7) is 2.00. The SMILES string of the molecule is Cc1ccc(NC(=O)Nc2ccc(Oc3ccc(-n4cccc4)nn3)cc2)cc1. The molecule has 0 unspecified atom stereocenters. The van der Waals surface area contributed by atoms with E-state index in [4.69, 9.17) is 4.74 Å². The van der Waals surface area contributed by atoms with Gasteiger partial charge in [-0.3, -0.25) is 0 Å². The van der Waals surface area contributed by atoms with Crippen molar-refractivity contribution >= 4 is 17.4 Å². The highest BCUT2D eigenvalue weighted by atomic mass is 16.5. The quantitative estimate of drug-likeness (QED) is 0.506. The molecule has 0 aliphatic heterocycles. The van der Waals surface area contributed by atoms with Crippen molar-refractivity contribution in [2.45, 2.75) is 6.92 Å². The summed E-state index contributed by atoms with van der Waals surface area (Å²) in [5.74, 6) is 1.69. The number of nitrogens with zero attached hydrogens (tertiary/aromatic N) is 3.